The number of anilines is 2. The smallest absolute Gasteiger partial charge is 0.378 e. The van der Waals surface area contributed by atoms with E-state index in [1.807, 2.05) is 29.1 Å². The molecule has 0 amide bonds. The average Bonchev–Trinajstić information content (AvgIpc) is 4.26. The van der Waals surface area contributed by atoms with E-state index in [1.165, 1.54) is 48.4 Å². The van der Waals surface area contributed by atoms with Gasteiger partial charge in [-0.2, -0.15) is 18.6 Å². The Morgan fingerprint density at radius 2 is 1.17 bits per heavy atom. The molecule has 0 radical (unpaired) electrons. The van der Waals surface area contributed by atoms with Crippen molar-refractivity contribution >= 4 is 149 Å². The Hall–Kier alpha value is -3.35. The maximum absolute atomic E-state index is 8.74. The minimum absolute atomic E-state index is 0.0101. The molecule has 2 aromatic carbocycles. The third kappa shape index (κ3) is 16.6. The number of hydrogen-bond donors (Lipinski definition) is 3. The molecule has 448 valence electrons. The predicted molar refractivity (Wildman–Crippen MR) is 341 cm³/mol. The number of benzene rings is 2. The van der Waals surface area contributed by atoms with Crippen LogP contribution in [0, 0.1) is 0 Å². The van der Waals surface area contributed by atoms with Crippen LogP contribution >= 0.6 is 84.4 Å². The number of thiophene rings is 2. The Morgan fingerprint density at radius 3 is 1.66 bits per heavy atom. The van der Waals surface area contributed by atoms with E-state index >= 15 is 0 Å². The van der Waals surface area contributed by atoms with Crippen molar-refractivity contribution in [2.24, 2.45) is 0 Å². The zero-order valence-electron chi connectivity index (χ0n) is 45.6. The molecule has 5 aliphatic heterocycles. The van der Waals surface area contributed by atoms with Crippen molar-refractivity contribution in [3.8, 4) is 22.8 Å². The lowest BCUT2D eigenvalue weighted by Crippen LogP contribution is -2.42. The number of aromatic nitrogens is 8. The van der Waals surface area contributed by atoms with Gasteiger partial charge in [-0.05, 0) is 43.5 Å². The van der Waals surface area contributed by atoms with Crippen LogP contribution < -0.4 is 9.80 Å². The van der Waals surface area contributed by atoms with Crippen LogP contribution in [0.3, 0.4) is 0 Å². The SMILES string of the molecule is COOSN1CCN(Cc2cc3c(N4CCOCC4)nc(-c4cccc5[nH]ncc45)nc3s2)CC1.COOSN1CCN(Cc2cc3c(N4CCOCC4)nc(-c4cccc5nn(C6CCCCO6)cc45)nc3s2)CC1.II.O=S(=O)(O)O. The summed E-state index contributed by atoms with van der Waals surface area (Å²) < 4.78 is 65.3. The first-order chi connectivity index (χ1) is 40.5. The van der Waals surface area contributed by atoms with Gasteiger partial charge in [-0.25, -0.2) is 43.0 Å². The lowest BCUT2D eigenvalue weighted by Gasteiger charge is -2.32. The number of rotatable bonds is 15. The van der Waals surface area contributed by atoms with Crippen LogP contribution in [0.4, 0.5) is 11.6 Å². The van der Waals surface area contributed by atoms with Gasteiger partial charge >= 0.3 is 10.4 Å². The first-order valence-corrected chi connectivity index (χ1v) is 37.6. The van der Waals surface area contributed by atoms with Crippen molar-refractivity contribution in [2.75, 3.05) is 136 Å². The maximum Gasteiger partial charge on any atom is 0.394 e. The number of nitrogens with zero attached hydrogens (tertiary/aromatic N) is 13. The summed E-state index contributed by atoms with van der Waals surface area (Å²) in [5, 5.41) is 16.5. The number of nitrogens with one attached hydrogen (secondary N) is 1. The predicted octanol–water partition coefficient (Wildman–Crippen LogP) is 8.95. The van der Waals surface area contributed by atoms with Gasteiger partial charge in [0.2, 0.25) is 0 Å². The van der Waals surface area contributed by atoms with Crippen molar-refractivity contribution in [1.82, 2.24) is 58.3 Å². The minimum atomic E-state index is -4.67. The summed E-state index contributed by atoms with van der Waals surface area (Å²) in [6, 6.07) is 16.9. The number of hydrogen-bond acceptors (Lipinski definition) is 25. The van der Waals surface area contributed by atoms with Gasteiger partial charge < -0.3 is 24.0 Å². The molecule has 6 aromatic heterocycles. The molecule has 5 saturated heterocycles. The third-order valence-corrected chi connectivity index (χ3v) is 17.9. The average molecular weight is 1460 g/mol. The normalized spacial score (nSPS) is 18.9. The fourth-order valence-corrected chi connectivity index (χ4v) is 13.4. The Balaban J connectivity index is 0.000000169. The highest BCUT2D eigenvalue weighted by atomic mass is 128. The number of halogens is 2. The van der Waals surface area contributed by atoms with E-state index in [0.29, 0.717) is 26.4 Å². The Bertz CT molecular complexity index is 3470. The summed E-state index contributed by atoms with van der Waals surface area (Å²) in [6.45, 7) is 16.3. The largest absolute Gasteiger partial charge is 0.394 e. The molecule has 0 aliphatic carbocycles. The number of H-pyrrole nitrogens is 1. The van der Waals surface area contributed by atoms with Crippen molar-refractivity contribution in [3.63, 3.8) is 0 Å². The second-order valence-electron chi connectivity index (χ2n) is 19.6. The number of fused-ring (bicyclic) bond motifs is 4. The molecule has 0 spiro atoms. The zero-order valence-corrected chi connectivity index (χ0v) is 54.0. The first-order valence-electron chi connectivity index (χ1n) is 26.9. The molecule has 5 aliphatic rings. The molecule has 0 bridgehead atoms. The quantitative estimate of drug-likeness (QED) is 0.0216. The molecule has 13 rings (SSSR count). The Morgan fingerprint density at radius 1 is 0.663 bits per heavy atom. The van der Waals surface area contributed by atoms with Gasteiger partial charge in [0, 0.05) is 173 Å². The third-order valence-electron chi connectivity index (χ3n) is 14.3. The van der Waals surface area contributed by atoms with Crippen molar-refractivity contribution < 1.29 is 50.2 Å². The van der Waals surface area contributed by atoms with E-state index < -0.39 is 10.4 Å². The molecule has 32 heteroatoms. The van der Waals surface area contributed by atoms with Crippen LogP contribution in [0.15, 0.2) is 60.9 Å². The first kappa shape index (κ1) is 62.7. The van der Waals surface area contributed by atoms with Gasteiger partial charge in [-0.1, -0.05) is 24.3 Å². The molecule has 1 unspecified atom stereocenters. The standard InChI is InChI=1S/C28H35N7O4S2.C23H27N7O3S2.I2.H2O4S/c1-36-39-41-34-10-8-32(9-11-34)18-20-17-22-27(33-12-15-37-16-13-33)29-26(30-28(22)40-20)21-5-4-6-24-23(21)19-35(31-24)25-7-2-3-14-38-25;1-31-33-35-30-7-5-28(6-8-30)15-16-13-18-22(29-9-11-32-12-10-29)25-21(26-23(18)34-16)17-3-2-4-20-19(17)14-24-27-20;1-2;1-5(2,3)4/h4-6,17,19,25H,2-3,7-16,18H2,1H3;2-4,13-14H,5-12,15H2,1H3,(H,24,27);;(H2,1,2,3,4). The lowest BCUT2D eigenvalue weighted by atomic mass is 10.1. The molecule has 25 nitrogen and oxygen atoms in total. The molecule has 1 atom stereocenters. The van der Waals surface area contributed by atoms with Gasteiger partial charge in [0.25, 0.3) is 0 Å². The van der Waals surface area contributed by atoms with Crippen LogP contribution in [0.25, 0.3) is 65.0 Å². The van der Waals surface area contributed by atoms with E-state index in [9.17, 15) is 0 Å². The molecule has 11 heterocycles. The van der Waals surface area contributed by atoms with Crippen molar-refractivity contribution in [1.29, 1.82) is 0 Å². The second-order valence-corrected chi connectivity index (χ2v) is 24.3. The van der Waals surface area contributed by atoms with Gasteiger partial charge in [-0.3, -0.25) is 24.0 Å². The number of piperazine rings is 2. The summed E-state index contributed by atoms with van der Waals surface area (Å²) in [5.41, 5.74) is 3.92. The lowest BCUT2D eigenvalue weighted by molar-refractivity contribution is -0.164. The van der Waals surface area contributed by atoms with Crippen molar-refractivity contribution in [3.05, 3.63) is 70.7 Å². The highest BCUT2D eigenvalue weighted by Crippen LogP contribution is 2.39. The Labute approximate surface area is 520 Å². The summed E-state index contributed by atoms with van der Waals surface area (Å²) in [7, 11) is -1.61. The highest BCUT2D eigenvalue weighted by molar-refractivity contribution is 15.0. The van der Waals surface area contributed by atoms with Gasteiger partial charge in [-0.15, -0.1) is 31.3 Å². The van der Waals surface area contributed by atoms with Crippen molar-refractivity contribution in [2.45, 2.75) is 38.6 Å². The van der Waals surface area contributed by atoms with Gasteiger partial charge in [0.15, 0.2) is 11.6 Å². The van der Waals surface area contributed by atoms with E-state index in [1.54, 1.807) is 22.7 Å². The number of morpholine rings is 2. The topological polar surface area (TPSA) is 257 Å². The van der Waals surface area contributed by atoms with E-state index in [4.69, 9.17) is 75.2 Å². The van der Waals surface area contributed by atoms with Crippen LogP contribution in [-0.4, -0.2) is 202 Å². The monoisotopic (exact) mass is 1460 g/mol. The van der Waals surface area contributed by atoms with Crippen LogP contribution in [0.2, 0.25) is 0 Å². The molecular weight excluding hydrogens is 1400 g/mol. The van der Waals surface area contributed by atoms with Crippen LogP contribution in [0.5, 0.6) is 0 Å². The summed E-state index contributed by atoms with van der Waals surface area (Å²) >= 11 is 10.3. The minimum Gasteiger partial charge on any atom is -0.378 e. The summed E-state index contributed by atoms with van der Waals surface area (Å²) in [5.74, 6) is 3.47. The van der Waals surface area contributed by atoms with E-state index in [0.717, 1.165) is 194 Å². The Kier molecular flexibility index (Phi) is 23.1. The highest BCUT2D eigenvalue weighted by Gasteiger charge is 2.27. The molecule has 8 aromatic rings. The zero-order chi connectivity index (χ0) is 57.7. The molecule has 3 N–H and O–H groups in total. The fraction of sp³-hybridized carbons (Fsp3) is 0.490. The van der Waals surface area contributed by atoms with E-state index in [2.05, 4.69) is 112 Å². The molecular formula is C51H64I2N14O11S5. The maximum atomic E-state index is 8.74. The van der Waals surface area contributed by atoms with Crippen LogP contribution in [0.1, 0.15) is 35.2 Å². The van der Waals surface area contributed by atoms with Gasteiger partial charge in [0.1, 0.15) is 52.0 Å². The van der Waals surface area contributed by atoms with E-state index in [-0.39, 0.29) is 6.23 Å². The second kappa shape index (κ2) is 30.5. The summed E-state index contributed by atoms with van der Waals surface area (Å²) in [6.07, 6.45) is 7.21. The molecule has 0 saturated carbocycles. The fourth-order valence-electron chi connectivity index (χ4n) is 10.4. The van der Waals surface area contributed by atoms with Crippen LogP contribution in [-0.2, 0) is 56.1 Å². The summed E-state index contributed by atoms with van der Waals surface area (Å²) in [4.78, 5) is 44.2. The number of aromatic amines is 1. The molecule has 5 fully saturated rings. The number of ether oxygens (including phenoxy) is 3. The molecule has 83 heavy (non-hydrogen) atoms. The van der Waals surface area contributed by atoms with Gasteiger partial charge in [0.05, 0.1) is 68.6 Å².